The van der Waals surface area contributed by atoms with Crippen LogP contribution in [0.25, 0.3) is 0 Å². The second-order valence-electron chi connectivity index (χ2n) is 6.36. The van der Waals surface area contributed by atoms with Crippen molar-refractivity contribution in [1.29, 1.82) is 0 Å². The highest BCUT2D eigenvalue weighted by molar-refractivity contribution is 5.89. The Hall–Kier alpha value is -2.82. The molecule has 0 spiro atoms. The summed E-state index contributed by atoms with van der Waals surface area (Å²) in [6.45, 7) is 0.285. The first-order chi connectivity index (χ1) is 12.7. The van der Waals surface area contributed by atoms with Crippen LogP contribution in [-0.2, 0) is 11.3 Å². The van der Waals surface area contributed by atoms with Gasteiger partial charge in [0.05, 0.1) is 0 Å². The number of urea groups is 1. The third kappa shape index (κ3) is 6.59. The number of anilines is 1. The molecular formula is C21H26N2O3. The predicted molar refractivity (Wildman–Crippen MR) is 103 cm³/mol. The molecule has 2 amide bonds. The summed E-state index contributed by atoms with van der Waals surface area (Å²) in [5, 5.41) is 12.7. The van der Waals surface area contributed by atoms with Gasteiger partial charge < -0.3 is 15.7 Å². The molecule has 0 atom stereocenters. The summed E-state index contributed by atoms with van der Waals surface area (Å²) in [5.74, 6) is 0.699. The van der Waals surface area contributed by atoms with Crippen molar-refractivity contribution in [2.24, 2.45) is 0 Å². The first kappa shape index (κ1) is 19.5. The number of amides is 2. The molecule has 1 fully saturated rings. The molecule has 26 heavy (non-hydrogen) atoms. The smallest absolute Gasteiger partial charge is 0.319 e. The van der Waals surface area contributed by atoms with Crippen molar-refractivity contribution in [2.75, 3.05) is 5.32 Å². The number of rotatable bonds is 4. The Labute approximate surface area is 154 Å². The molecule has 2 aromatic carbocycles. The number of hydrogen-bond acceptors (Lipinski definition) is 2. The Morgan fingerprint density at radius 1 is 1.00 bits per heavy atom. The lowest BCUT2D eigenvalue weighted by atomic mass is 9.84. The van der Waals surface area contributed by atoms with E-state index in [1.54, 1.807) is 0 Å². The Balaban J connectivity index is 0.000000758. The molecule has 1 aliphatic carbocycles. The minimum atomic E-state index is -0.250. The maximum atomic E-state index is 12.0. The molecular weight excluding hydrogens is 328 g/mol. The summed E-state index contributed by atoms with van der Waals surface area (Å²) in [4.78, 5) is 20.3. The normalized spacial score (nSPS) is 13.8. The minimum absolute atomic E-state index is 0.167. The van der Waals surface area contributed by atoms with E-state index < -0.39 is 0 Å². The zero-order valence-electron chi connectivity index (χ0n) is 14.9. The average Bonchev–Trinajstić information content (AvgIpc) is 2.69. The lowest BCUT2D eigenvalue weighted by Gasteiger charge is -2.22. The van der Waals surface area contributed by atoms with Gasteiger partial charge in [-0.25, -0.2) is 4.79 Å². The van der Waals surface area contributed by atoms with Gasteiger partial charge >= 0.3 is 6.03 Å². The van der Waals surface area contributed by atoms with Gasteiger partial charge in [0, 0.05) is 12.2 Å². The molecule has 0 radical (unpaired) electrons. The van der Waals surface area contributed by atoms with E-state index in [-0.39, 0.29) is 12.5 Å². The molecule has 0 saturated heterocycles. The van der Waals surface area contributed by atoms with Crippen LogP contribution in [0.3, 0.4) is 0 Å². The van der Waals surface area contributed by atoms with Crippen molar-refractivity contribution in [3.8, 4) is 0 Å². The standard InChI is InChI=1S/C20H24N2O.CH2O2/c23-20(21-15-16-7-3-1-4-8-16)22-19-13-11-18(12-14-19)17-9-5-2-6-10-17;2-1-3/h1,3-4,7-8,11-14,17H,2,5-6,9-10,15H2,(H2,21,22,23);1H,(H,2,3). The fourth-order valence-corrected chi connectivity index (χ4v) is 3.23. The lowest BCUT2D eigenvalue weighted by molar-refractivity contribution is -0.122. The molecule has 5 nitrogen and oxygen atoms in total. The number of benzene rings is 2. The third-order valence-electron chi connectivity index (χ3n) is 4.54. The fraction of sp³-hybridized carbons (Fsp3) is 0.333. The van der Waals surface area contributed by atoms with Crippen LogP contribution in [0.2, 0.25) is 0 Å². The Kier molecular flexibility index (Phi) is 8.19. The topological polar surface area (TPSA) is 78.4 Å². The van der Waals surface area contributed by atoms with Crippen LogP contribution in [0.4, 0.5) is 10.5 Å². The van der Waals surface area contributed by atoms with E-state index in [1.807, 2.05) is 42.5 Å². The number of carboxylic acid groups (broad SMARTS) is 1. The van der Waals surface area contributed by atoms with Crippen LogP contribution in [-0.4, -0.2) is 17.6 Å². The van der Waals surface area contributed by atoms with Crippen LogP contribution in [0, 0.1) is 0 Å². The average molecular weight is 354 g/mol. The SMILES string of the molecule is O=C(NCc1ccccc1)Nc1ccc(C2CCCCC2)cc1.O=CO. The monoisotopic (exact) mass is 354 g/mol. The molecule has 3 N–H and O–H groups in total. The highest BCUT2D eigenvalue weighted by Crippen LogP contribution is 2.32. The van der Waals surface area contributed by atoms with Gasteiger partial charge in [-0.2, -0.15) is 0 Å². The summed E-state index contributed by atoms with van der Waals surface area (Å²) in [7, 11) is 0. The first-order valence-corrected chi connectivity index (χ1v) is 8.99. The zero-order chi connectivity index (χ0) is 18.6. The molecule has 3 rings (SSSR count). The molecule has 0 aromatic heterocycles. The third-order valence-corrected chi connectivity index (χ3v) is 4.54. The second-order valence-corrected chi connectivity index (χ2v) is 6.36. The van der Waals surface area contributed by atoms with Crippen molar-refractivity contribution in [3.63, 3.8) is 0 Å². The number of nitrogens with one attached hydrogen (secondary N) is 2. The largest absolute Gasteiger partial charge is 0.483 e. The van der Waals surface area contributed by atoms with E-state index >= 15 is 0 Å². The van der Waals surface area contributed by atoms with Crippen molar-refractivity contribution >= 4 is 18.2 Å². The summed E-state index contributed by atoms with van der Waals surface area (Å²) in [6.07, 6.45) is 6.64. The van der Waals surface area contributed by atoms with Crippen LogP contribution in [0.15, 0.2) is 54.6 Å². The summed E-state index contributed by atoms with van der Waals surface area (Å²) < 4.78 is 0. The number of hydrogen-bond donors (Lipinski definition) is 3. The number of carbonyl (C=O) groups is 2. The number of carbonyl (C=O) groups excluding carboxylic acids is 1. The molecule has 0 aliphatic heterocycles. The van der Waals surface area contributed by atoms with Crippen LogP contribution < -0.4 is 10.6 Å². The molecule has 2 aromatic rings. The predicted octanol–water partition coefficient (Wildman–Crippen LogP) is 4.76. The van der Waals surface area contributed by atoms with Gasteiger partial charge in [0.15, 0.2) is 0 Å². The summed E-state index contributed by atoms with van der Waals surface area (Å²) >= 11 is 0. The van der Waals surface area contributed by atoms with Gasteiger partial charge in [-0.15, -0.1) is 0 Å². The molecule has 138 valence electrons. The molecule has 1 saturated carbocycles. The Bertz CT molecular complexity index is 665. The van der Waals surface area contributed by atoms with Crippen molar-refractivity contribution in [3.05, 3.63) is 65.7 Å². The van der Waals surface area contributed by atoms with Gasteiger partial charge in [-0.3, -0.25) is 4.79 Å². The highest BCUT2D eigenvalue weighted by Gasteiger charge is 2.15. The summed E-state index contributed by atoms with van der Waals surface area (Å²) in [6, 6.07) is 18.1. The maximum absolute atomic E-state index is 12.0. The quantitative estimate of drug-likeness (QED) is 0.693. The molecule has 5 heteroatoms. The van der Waals surface area contributed by atoms with Gasteiger partial charge in [-0.1, -0.05) is 61.7 Å². The molecule has 1 aliphatic rings. The zero-order valence-corrected chi connectivity index (χ0v) is 14.9. The van der Waals surface area contributed by atoms with Crippen molar-refractivity contribution < 1.29 is 14.7 Å². The molecule has 0 bridgehead atoms. The Morgan fingerprint density at radius 2 is 1.62 bits per heavy atom. The minimum Gasteiger partial charge on any atom is -0.483 e. The van der Waals surface area contributed by atoms with E-state index in [0.29, 0.717) is 12.5 Å². The van der Waals surface area contributed by atoms with Gasteiger partial charge in [-0.05, 0) is 42.0 Å². The van der Waals surface area contributed by atoms with Gasteiger partial charge in [0.25, 0.3) is 6.47 Å². The highest BCUT2D eigenvalue weighted by atomic mass is 16.3. The fourth-order valence-electron chi connectivity index (χ4n) is 3.23. The molecule has 0 heterocycles. The van der Waals surface area contributed by atoms with E-state index in [2.05, 4.69) is 22.8 Å². The van der Waals surface area contributed by atoms with Crippen LogP contribution >= 0.6 is 0 Å². The van der Waals surface area contributed by atoms with Crippen LogP contribution in [0.1, 0.15) is 49.1 Å². The maximum Gasteiger partial charge on any atom is 0.319 e. The van der Waals surface area contributed by atoms with E-state index in [9.17, 15) is 4.79 Å². The van der Waals surface area contributed by atoms with Crippen molar-refractivity contribution in [2.45, 2.75) is 44.6 Å². The van der Waals surface area contributed by atoms with E-state index in [0.717, 1.165) is 11.3 Å². The van der Waals surface area contributed by atoms with E-state index in [1.165, 1.54) is 37.7 Å². The summed E-state index contributed by atoms with van der Waals surface area (Å²) in [5.41, 5.74) is 3.34. The lowest BCUT2D eigenvalue weighted by Crippen LogP contribution is -2.28. The van der Waals surface area contributed by atoms with Crippen LogP contribution in [0.5, 0.6) is 0 Å². The Morgan fingerprint density at radius 3 is 2.23 bits per heavy atom. The van der Waals surface area contributed by atoms with Crippen molar-refractivity contribution in [1.82, 2.24) is 5.32 Å². The first-order valence-electron chi connectivity index (χ1n) is 8.99. The molecule has 0 unspecified atom stereocenters. The second kappa shape index (κ2) is 10.9. The van der Waals surface area contributed by atoms with E-state index in [4.69, 9.17) is 9.90 Å². The van der Waals surface area contributed by atoms with Gasteiger partial charge in [0.1, 0.15) is 0 Å². The van der Waals surface area contributed by atoms with Gasteiger partial charge in [0.2, 0.25) is 0 Å².